The van der Waals surface area contributed by atoms with Crippen molar-refractivity contribution in [1.82, 2.24) is 9.78 Å². The molecule has 0 spiro atoms. The van der Waals surface area contributed by atoms with E-state index in [9.17, 15) is 14.3 Å². The van der Waals surface area contributed by atoms with Crippen molar-refractivity contribution in [1.29, 1.82) is 10.0 Å². The molecule has 9 nitrogen and oxygen atoms in total. The third-order valence-corrected chi connectivity index (χ3v) is 7.38. The summed E-state index contributed by atoms with van der Waals surface area (Å²) in [5, 5.41) is 22.3. The number of hydrogen-bond acceptors (Lipinski definition) is 6. The molecular formula is C21H24N6O3S. The summed E-state index contributed by atoms with van der Waals surface area (Å²) in [5.41, 5.74) is 5.21. The molecule has 162 valence electrons. The van der Waals surface area contributed by atoms with Gasteiger partial charge >= 0.3 is 0 Å². The summed E-state index contributed by atoms with van der Waals surface area (Å²) >= 11 is 0. The van der Waals surface area contributed by atoms with Crippen LogP contribution in [0.2, 0.25) is 0 Å². The maximum atomic E-state index is 13.4. The van der Waals surface area contributed by atoms with Gasteiger partial charge in [0.15, 0.2) is 10.6 Å². The van der Waals surface area contributed by atoms with E-state index in [-0.39, 0.29) is 22.4 Å². The molecule has 0 radical (unpaired) electrons. The SMILES string of the molecule is N#CC[C@H]1CCc2cc3c(c(NC(=O)c4nn5c(c4S(=N)(N)=O)OCCC5)c21)CCC3. The van der Waals surface area contributed by atoms with Gasteiger partial charge in [0, 0.05) is 25.1 Å². The molecule has 1 aromatic heterocycles. The van der Waals surface area contributed by atoms with Crippen molar-refractivity contribution in [2.24, 2.45) is 5.14 Å². The standard InChI is InChI=1S/C21H24N6O3S/c22-8-7-12-5-6-14-11-13-3-1-4-15(13)17(16(12)14)25-20(28)18-19(31(23,24)29)21-27(26-18)9-2-10-30-21/h11-12H,1-7,9-10H2,(H,25,28)(H3,23,24,29)/t12-/m1/s1. The molecule has 0 saturated carbocycles. The number of hydrogen-bond donors (Lipinski definition) is 3. The number of aryl methyl sites for hydroxylation is 3. The molecule has 2 atom stereocenters. The number of rotatable bonds is 4. The van der Waals surface area contributed by atoms with E-state index in [4.69, 9.17) is 14.7 Å². The fourth-order valence-corrected chi connectivity index (χ4v) is 5.97. The van der Waals surface area contributed by atoms with Gasteiger partial charge in [0.2, 0.25) is 5.88 Å². The van der Waals surface area contributed by atoms with Crippen LogP contribution >= 0.6 is 0 Å². The first kappa shape index (κ1) is 20.0. The summed E-state index contributed by atoms with van der Waals surface area (Å²) in [5.74, 6) is -0.324. The monoisotopic (exact) mass is 440 g/mol. The Morgan fingerprint density at radius 2 is 2.23 bits per heavy atom. The fourth-order valence-electron chi connectivity index (χ4n) is 5.13. The second-order valence-electron chi connectivity index (χ2n) is 8.38. The Bertz CT molecular complexity index is 1240. The lowest BCUT2D eigenvalue weighted by Gasteiger charge is -2.19. The minimum Gasteiger partial charge on any atom is -0.477 e. The van der Waals surface area contributed by atoms with Gasteiger partial charge in [0.05, 0.1) is 12.7 Å². The van der Waals surface area contributed by atoms with Crippen LogP contribution < -0.4 is 15.2 Å². The second-order valence-corrected chi connectivity index (χ2v) is 9.99. The van der Waals surface area contributed by atoms with Crippen molar-refractivity contribution in [2.75, 3.05) is 11.9 Å². The van der Waals surface area contributed by atoms with Crippen LogP contribution in [0.1, 0.15) is 64.3 Å². The molecule has 2 aliphatic carbocycles. The molecule has 1 aromatic carbocycles. The Hall–Kier alpha value is -2.90. The van der Waals surface area contributed by atoms with Gasteiger partial charge in [-0.25, -0.2) is 18.8 Å². The van der Waals surface area contributed by atoms with Gasteiger partial charge in [-0.1, -0.05) is 6.07 Å². The molecule has 0 bridgehead atoms. The molecule has 1 amide bonds. The Kier molecular flexibility index (Phi) is 4.75. The molecule has 2 aromatic rings. The number of nitrogens with two attached hydrogens (primary N) is 1. The fraction of sp³-hybridized carbons (Fsp3) is 0.476. The van der Waals surface area contributed by atoms with Crippen LogP contribution in [0.3, 0.4) is 0 Å². The number of aromatic nitrogens is 2. The maximum absolute atomic E-state index is 13.4. The number of nitrogens with zero attached hydrogens (tertiary/aromatic N) is 3. The van der Waals surface area contributed by atoms with Gasteiger partial charge in [-0.3, -0.25) is 4.79 Å². The molecule has 1 unspecified atom stereocenters. The third kappa shape index (κ3) is 3.28. The maximum Gasteiger partial charge on any atom is 0.277 e. The molecule has 0 fully saturated rings. The summed E-state index contributed by atoms with van der Waals surface area (Å²) in [4.78, 5) is 13.2. The number of nitrogens with one attached hydrogen (secondary N) is 2. The highest BCUT2D eigenvalue weighted by Gasteiger charge is 2.34. The number of ether oxygens (including phenoxy) is 1. The minimum atomic E-state index is -3.72. The topological polar surface area (TPSA) is 147 Å². The first-order valence-electron chi connectivity index (χ1n) is 10.5. The van der Waals surface area contributed by atoms with Crippen molar-refractivity contribution in [2.45, 2.75) is 62.3 Å². The van der Waals surface area contributed by atoms with Crippen LogP contribution in [0.5, 0.6) is 5.88 Å². The molecule has 5 rings (SSSR count). The van der Waals surface area contributed by atoms with Crippen LogP contribution in [-0.4, -0.2) is 26.5 Å². The van der Waals surface area contributed by atoms with E-state index in [1.807, 2.05) is 0 Å². The summed E-state index contributed by atoms with van der Waals surface area (Å²) in [6, 6.07) is 4.50. The highest BCUT2D eigenvalue weighted by molar-refractivity contribution is 7.90. The third-order valence-electron chi connectivity index (χ3n) is 6.41. The first-order valence-corrected chi connectivity index (χ1v) is 12.2. The van der Waals surface area contributed by atoms with Gasteiger partial charge in [-0.05, 0) is 60.3 Å². The molecule has 4 N–H and O–H groups in total. The van der Waals surface area contributed by atoms with Gasteiger partial charge in [-0.2, -0.15) is 10.4 Å². The van der Waals surface area contributed by atoms with E-state index in [1.165, 1.54) is 15.8 Å². The van der Waals surface area contributed by atoms with E-state index in [1.54, 1.807) is 0 Å². The minimum absolute atomic E-state index is 0.0779. The zero-order valence-corrected chi connectivity index (χ0v) is 17.9. The Balaban J connectivity index is 1.60. The van der Waals surface area contributed by atoms with Crippen LogP contribution in [0, 0.1) is 16.1 Å². The van der Waals surface area contributed by atoms with E-state index >= 15 is 0 Å². The number of anilines is 1. The number of fused-ring (bicyclic) bond motifs is 3. The lowest BCUT2D eigenvalue weighted by molar-refractivity contribution is 0.101. The predicted molar refractivity (Wildman–Crippen MR) is 113 cm³/mol. The van der Waals surface area contributed by atoms with E-state index < -0.39 is 15.8 Å². The number of benzene rings is 1. The van der Waals surface area contributed by atoms with Crippen molar-refractivity contribution in [3.8, 4) is 11.9 Å². The highest BCUT2D eigenvalue weighted by atomic mass is 32.2. The molecule has 2 heterocycles. The van der Waals surface area contributed by atoms with Crippen molar-refractivity contribution in [3.05, 3.63) is 34.0 Å². The summed E-state index contributed by atoms with van der Waals surface area (Å²) in [6.45, 7) is 0.899. The summed E-state index contributed by atoms with van der Waals surface area (Å²) in [6.07, 6.45) is 5.72. The zero-order chi connectivity index (χ0) is 21.8. The molecule has 31 heavy (non-hydrogen) atoms. The normalized spacial score (nSPS) is 20.7. The average molecular weight is 441 g/mol. The van der Waals surface area contributed by atoms with Crippen molar-refractivity contribution < 1.29 is 13.7 Å². The smallest absolute Gasteiger partial charge is 0.277 e. The Labute approximate surface area is 180 Å². The molecule has 1 aliphatic heterocycles. The summed E-state index contributed by atoms with van der Waals surface area (Å²) < 4.78 is 27.5. The Morgan fingerprint density at radius 3 is 3.00 bits per heavy atom. The first-order chi connectivity index (χ1) is 14.9. The van der Waals surface area contributed by atoms with Gasteiger partial charge in [0.25, 0.3) is 5.91 Å². The van der Waals surface area contributed by atoms with E-state index in [0.29, 0.717) is 26.0 Å². The largest absolute Gasteiger partial charge is 0.477 e. The highest BCUT2D eigenvalue weighted by Crippen LogP contribution is 2.45. The van der Waals surface area contributed by atoms with Gasteiger partial charge < -0.3 is 10.1 Å². The Morgan fingerprint density at radius 1 is 1.39 bits per heavy atom. The number of carbonyl (C=O) groups is 1. The van der Waals surface area contributed by atoms with E-state index in [0.717, 1.165) is 48.9 Å². The average Bonchev–Trinajstić information content (AvgIpc) is 3.44. The second kappa shape index (κ2) is 7.35. The molecule has 10 heteroatoms. The number of carbonyl (C=O) groups excluding carboxylic acids is 1. The van der Waals surface area contributed by atoms with Crippen LogP contribution in [0.15, 0.2) is 11.0 Å². The molecule has 3 aliphatic rings. The summed E-state index contributed by atoms with van der Waals surface area (Å²) in [7, 11) is -3.72. The van der Waals surface area contributed by atoms with Crippen molar-refractivity contribution >= 4 is 21.5 Å². The predicted octanol–water partition coefficient (Wildman–Crippen LogP) is 2.63. The van der Waals surface area contributed by atoms with Crippen LogP contribution in [-0.2, 0) is 35.7 Å². The molecule has 0 saturated heterocycles. The quantitative estimate of drug-likeness (QED) is 0.669. The lowest BCUT2D eigenvalue weighted by Crippen LogP contribution is -2.21. The zero-order valence-electron chi connectivity index (χ0n) is 17.1. The lowest BCUT2D eigenvalue weighted by atomic mass is 9.92. The van der Waals surface area contributed by atoms with Gasteiger partial charge in [-0.15, -0.1) is 0 Å². The van der Waals surface area contributed by atoms with E-state index in [2.05, 4.69) is 22.6 Å². The van der Waals surface area contributed by atoms with Crippen LogP contribution in [0.4, 0.5) is 5.69 Å². The number of amides is 1. The number of nitriles is 1. The van der Waals surface area contributed by atoms with Gasteiger partial charge in [0.1, 0.15) is 9.92 Å². The van der Waals surface area contributed by atoms with Crippen molar-refractivity contribution in [3.63, 3.8) is 0 Å². The van der Waals surface area contributed by atoms with Crippen LogP contribution in [0.25, 0.3) is 0 Å². The molecular weight excluding hydrogens is 416 g/mol.